The summed E-state index contributed by atoms with van der Waals surface area (Å²) in [6, 6.07) is 13.9. The summed E-state index contributed by atoms with van der Waals surface area (Å²) >= 11 is 0. The van der Waals surface area contributed by atoms with Crippen molar-refractivity contribution in [3.8, 4) is 5.75 Å². The number of carbonyl (C=O) groups excluding carboxylic acids is 2. The highest BCUT2D eigenvalue weighted by atomic mass is 32.2. The molecule has 9 heteroatoms. The molecule has 0 aliphatic rings. The summed E-state index contributed by atoms with van der Waals surface area (Å²) in [7, 11) is -2.01. The van der Waals surface area contributed by atoms with Crippen LogP contribution in [0.3, 0.4) is 0 Å². The molecule has 2 amide bonds. The minimum atomic E-state index is -3.55. The van der Waals surface area contributed by atoms with Gasteiger partial charge < -0.3 is 15.0 Å². The molecule has 36 heavy (non-hydrogen) atoms. The molecule has 0 saturated heterocycles. The molecule has 2 aromatic rings. The predicted octanol–water partition coefficient (Wildman–Crippen LogP) is 3.88. The third-order valence-corrected chi connectivity index (χ3v) is 7.31. The van der Waals surface area contributed by atoms with Crippen molar-refractivity contribution in [1.82, 2.24) is 10.2 Å². The number of methoxy groups -OCH3 is 1. The standard InChI is InChI=1S/C27H39N3O5S/c1-7-21(3)28-27(32)22(4)29(19-23-11-8-10-20(2)18-23)26(31)12-9-17-30(36(6,33)34)24-13-15-25(35-5)16-14-24/h8,10-11,13-16,18,21-22H,7,9,12,17,19H2,1-6H3,(H,28,32)/t21-,22+/m0/s1. The fraction of sp³-hybridized carbons (Fsp3) is 0.481. The number of benzene rings is 2. The average molecular weight is 518 g/mol. The van der Waals surface area contributed by atoms with E-state index in [4.69, 9.17) is 4.74 Å². The molecule has 2 aromatic carbocycles. The summed E-state index contributed by atoms with van der Waals surface area (Å²) in [4.78, 5) is 27.8. The maximum atomic E-state index is 13.3. The van der Waals surface area contributed by atoms with Crippen LogP contribution in [0.25, 0.3) is 0 Å². The Morgan fingerprint density at radius 2 is 1.75 bits per heavy atom. The van der Waals surface area contributed by atoms with Crippen molar-refractivity contribution in [2.75, 3.05) is 24.2 Å². The quantitative estimate of drug-likeness (QED) is 0.435. The number of ether oxygens (including phenoxy) is 1. The molecule has 0 spiro atoms. The Kier molecular flexibility index (Phi) is 10.8. The zero-order valence-corrected chi connectivity index (χ0v) is 23.0. The third-order valence-electron chi connectivity index (χ3n) is 6.12. The van der Waals surface area contributed by atoms with E-state index in [1.807, 2.05) is 45.0 Å². The molecular weight excluding hydrogens is 478 g/mol. The van der Waals surface area contributed by atoms with Crippen LogP contribution in [0.15, 0.2) is 48.5 Å². The summed E-state index contributed by atoms with van der Waals surface area (Å²) in [5, 5.41) is 2.96. The number of rotatable bonds is 13. The van der Waals surface area contributed by atoms with Crippen LogP contribution in [0.5, 0.6) is 5.75 Å². The molecule has 0 radical (unpaired) electrons. The van der Waals surface area contributed by atoms with Crippen molar-refractivity contribution in [2.24, 2.45) is 0 Å². The highest BCUT2D eigenvalue weighted by Crippen LogP contribution is 2.22. The Morgan fingerprint density at radius 1 is 1.08 bits per heavy atom. The molecule has 0 fully saturated rings. The van der Waals surface area contributed by atoms with E-state index in [0.717, 1.165) is 23.8 Å². The minimum absolute atomic E-state index is 0.00341. The van der Waals surface area contributed by atoms with E-state index in [0.29, 0.717) is 24.4 Å². The second-order valence-electron chi connectivity index (χ2n) is 9.14. The van der Waals surface area contributed by atoms with Gasteiger partial charge in [0.25, 0.3) is 0 Å². The SMILES string of the molecule is CC[C@H](C)NC(=O)[C@@H](C)N(Cc1cccc(C)c1)C(=O)CCCN(c1ccc(OC)cc1)S(C)(=O)=O. The smallest absolute Gasteiger partial charge is 0.242 e. The van der Waals surface area contributed by atoms with Crippen molar-refractivity contribution >= 4 is 27.5 Å². The number of nitrogens with zero attached hydrogens (tertiary/aromatic N) is 2. The van der Waals surface area contributed by atoms with Crippen molar-refractivity contribution < 1.29 is 22.7 Å². The van der Waals surface area contributed by atoms with Crippen LogP contribution in [0.2, 0.25) is 0 Å². The van der Waals surface area contributed by atoms with Crippen LogP contribution < -0.4 is 14.4 Å². The fourth-order valence-electron chi connectivity index (χ4n) is 3.81. The number of hydrogen-bond donors (Lipinski definition) is 1. The molecule has 0 unspecified atom stereocenters. The first-order valence-electron chi connectivity index (χ1n) is 12.2. The van der Waals surface area contributed by atoms with Gasteiger partial charge in [-0.3, -0.25) is 13.9 Å². The summed E-state index contributed by atoms with van der Waals surface area (Å²) < 4.78 is 31.3. The normalized spacial score (nSPS) is 12.9. The number of anilines is 1. The Morgan fingerprint density at radius 3 is 2.31 bits per heavy atom. The molecule has 198 valence electrons. The topological polar surface area (TPSA) is 96.0 Å². The molecule has 0 aliphatic carbocycles. The Hall–Kier alpha value is -3.07. The van der Waals surface area contributed by atoms with Crippen LogP contribution >= 0.6 is 0 Å². The van der Waals surface area contributed by atoms with Crippen LogP contribution in [-0.4, -0.2) is 57.1 Å². The van der Waals surface area contributed by atoms with E-state index in [-0.39, 0.29) is 30.8 Å². The number of nitrogens with one attached hydrogen (secondary N) is 1. The van der Waals surface area contributed by atoms with E-state index in [1.54, 1.807) is 43.2 Å². The van der Waals surface area contributed by atoms with Crippen LogP contribution in [0, 0.1) is 6.92 Å². The number of hydrogen-bond acceptors (Lipinski definition) is 5. The van der Waals surface area contributed by atoms with E-state index >= 15 is 0 Å². The monoisotopic (exact) mass is 517 g/mol. The molecule has 0 saturated carbocycles. The van der Waals surface area contributed by atoms with Gasteiger partial charge in [-0.05, 0) is 63.4 Å². The average Bonchev–Trinajstić information content (AvgIpc) is 2.83. The minimum Gasteiger partial charge on any atom is -0.497 e. The number of sulfonamides is 1. The van der Waals surface area contributed by atoms with E-state index in [2.05, 4.69) is 5.32 Å². The maximum Gasteiger partial charge on any atom is 0.242 e. The summed E-state index contributed by atoms with van der Waals surface area (Å²) in [6.07, 6.45) is 2.35. The van der Waals surface area contributed by atoms with Gasteiger partial charge in [0.15, 0.2) is 0 Å². The van der Waals surface area contributed by atoms with Gasteiger partial charge in [-0.25, -0.2) is 8.42 Å². The van der Waals surface area contributed by atoms with Crippen molar-refractivity contribution in [3.05, 3.63) is 59.7 Å². The van der Waals surface area contributed by atoms with Crippen LogP contribution in [0.4, 0.5) is 5.69 Å². The van der Waals surface area contributed by atoms with Gasteiger partial charge in [0, 0.05) is 25.6 Å². The molecule has 0 aliphatic heterocycles. The Balaban J connectivity index is 2.17. The fourth-order valence-corrected chi connectivity index (χ4v) is 4.77. The highest BCUT2D eigenvalue weighted by Gasteiger charge is 2.27. The molecule has 2 atom stereocenters. The summed E-state index contributed by atoms with van der Waals surface area (Å²) in [6.45, 7) is 8.06. The van der Waals surface area contributed by atoms with Crippen molar-refractivity contribution in [2.45, 2.75) is 65.6 Å². The van der Waals surface area contributed by atoms with E-state index in [9.17, 15) is 18.0 Å². The first-order chi connectivity index (χ1) is 17.0. The summed E-state index contributed by atoms with van der Waals surface area (Å²) in [5.74, 6) is 0.215. The molecule has 2 rings (SSSR count). The molecule has 8 nitrogen and oxygen atoms in total. The Labute approximate surface area is 215 Å². The number of amides is 2. The lowest BCUT2D eigenvalue weighted by atomic mass is 10.1. The van der Waals surface area contributed by atoms with Crippen molar-refractivity contribution in [3.63, 3.8) is 0 Å². The predicted molar refractivity (Wildman–Crippen MR) is 144 cm³/mol. The molecule has 1 N–H and O–H groups in total. The lowest BCUT2D eigenvalue weighted by Gasteiger charge is -2.30. The summed E-state index contributed by atoms with van der Waals surface area (Å²) in [5.41, 5.74) is 2.51. The van der Waals surface area contributed by atoms with Gasteiger partial charge in [0.05, 0.1) is 19.1 Å². The van der Waals surface area contributed by atoms with Gasteiger partial charge in [0.1, 0.15) is 11.8 Å². The largest absolute Gasteiger partial charge is 0.497 e. The first kappa shape index (κ1) is 29.2. The lowest BCUT2D eigenvalue weighted by Crippen LogP contribution is -2.49. The second-order valence-corrected chi connectivity index (χ2v) is 11.0. The van der Waals surface area contributed by atoms with E-state index in [1.165, 1.54) is 4.31 Å². The van der Waals surface area contributed by atoms with Gasteiger partial charge in [0.2, 0.25) is 21.8 Å². The molecule has 0 bridgehead atoms. The van der Waals surface area contributed by atoms with Gasteiger partial charge in [-0.1, -0.05) is 36.8 Å². The zero-order valence-electron chi connectivity index (χ0n) is 22.2. The van der Waals surface area contributed by atoms with Crippen LogP contribution in [-0.2, 0) is 26.2 Å². The van der Waals surface area contributed by atoms with Crippen molar-refractivity contribution in [1.29, 1.82) is 0 Å². The Bertz CT molecular complexity index is 1120. The van der Waals surface area contributed by atoms with E-state index < -0.39 is 16.1 Å². The van der Waals surface area contributed by atoms with Crippen LogP contribution in [0.1, 0.15) is 51.2 Å². The first-order valence-corrected chi connectivity index (χ1v) is 14.1. The van der Waals surface area contributed by atoms with Gasteiger partial charge in [-0.2, -0.15) is 0 Å². The molecular formula is C27H39N3O5S. The lowest BCUT2D eigenvalue weighted by molar-refractivity contribution is -0.140. The highest BCUT2D eigenvalue weighted by molar-refractivity contribution is 7.92. The molecule has 0 heterocycles. The number of aryl methyl sites for hydroxylation is 1. The van der Waals surface area contributed by atoms with Gasteiger partial charge >= 0.3 is 0 Å². The third kappa shape index (κ3) is 8.55. The second kappa shape index (κ2) is 13.3. The number of carbonyl (C=O) groups is 2. The molecule has 0 aromatic heterocycles. The van der Waals surface area contributed by atoms with Gasteiger partial charge in [-0.15, -0.1) is 0 Å². The maximum absolute atomic E-state index is 13.3. The zero-order chi connectivity index (χ0) is 26.9.